The first kappa shape index (κ1) is 15.9. The Balaban J connectivity index is 2.39. The minimum Gasteiger partial charge on any atom is -0.395 e. The Morgan fingerprint density at radius 1 is 1.33 bits per heavy atom. The molecule has 0 spiro atoms. The summed E-state index contributed by atoms with van der Waals surface area (Å²) in [5.74, 6) is 0. The normalized spacial score (nSPS) is 19.2. The predicted molar refractivity (Wildman–Crippen MR) is 71.8 cm³/mol. The summed E-state index contributed by atoms with van der Waals surface area (Å²) in [4.78, 5) is 2.31. The maximum Gasteiger partial charge on any atom is 0.0615 e. The highest BCUT2D eigenvalue weighted by molar-refractivity contribution is 4.86. The third kappa shape index (κ3) is 6.11. The van der Waals surface area contributed by atoms with Crippen molar-refractivity contribution in [1.82, 2.24) is 10.2 Å². The van der Waals surface area contributed by atoms with Gasteiger partial charge in [0.25, 0.3) is 0 Å². The van der Waals surface area contributed by atoms with E-state index in [1.807, 2.05) is 0 Å². The minimum absolute atomic E-state index is 0.147. The fourth-order valence-corrected chi connectivity index (χ4v) is 2.08. The number of methoxy groups -OCH3 is 2. The summed E-state index contributed by atoms with van der Waals surface area (Å²) in [6.45, 7) is 5.43. The Morgan fingerprint density at radius 3 is 2.56 bits per heavy atom. The van der Waals surface area contributed by atoms with Crippen LogP contribution in [0.4, 0.5) is 0 Å². The van der Waals surface area contributed by atoms with Crippen LogP contribution >= 0.6 is 0 Å². The molecule has 1 aliphatic rings. The Labute approximate surface area is 110 Å². The van der Waals surface area contributed by atoms with Gasteiger partial charge < -0.3 is 19.9 Å². The number of nitrogens with one attached hydrogen (secondary N) is 1. The molecule has 1 rings (SSSR count). The number of aliphatic hydroxyl groups excluding tert-OH is 1. The van der Waals surface area contributed by atoms with Crippen LogP contribution in [0, 0.1) is 0 Å². The highest BCUT2D eigenvalue weighted by Crippen LogP contribution is 2.19. The molecule has 0 saturated heterocycles. The van der Waals surface area contributed by atoms with Crippen molar-refractivity contribution in [2.45, 2.75) is 37.9 Å². The van der Waals surface area contributed by atoms with Crippen molar-refractivity contribution >= 4 is 0 Å². The lowest BCUT2D eigenvalue weighted by atomic mass is 10.2. The molecular weight excluding hydrogens is 232 g/mol. The third-order valence-electron chi connectivity index (χ3n) is 3.34. The van der Waals surface area contributed by atoms with Gasteiger partial charge in [0.05, 0.1) is 19.8 Å². The molecule has 0 radical (unpaired) electrons. The van der Waals surface area contributed by atoms with E-state index in [2.05, 4.69) is 17.1 Å². The van der Waals surface area contributed by atoms with Crippen molar-refractivity contribution in [2.75, 3.05) is 47.1 Å². The van der Waals surface area contributed by atoms with E-state index in [-0.39, 0.29) is 12.6 Å². The average Bonchev–Trinajstić information content (AvgIpc) is 3.17. The zero-order chi connectivity index (χ0) is 13.4. The monoisotopic (exact) mass is 260 g/mol. The number of hydrogen-bond donors (Lipinski definition) is 2. The standard InChI is InChI=1S/C13H28N2O3/c1-11(10-18-3)15(6-7-17-2)8-13(9-16)14-12-4-5-12/h11-14,16H,4-10H2,1-3H3. The van der Waals surface area contributed by atoms with Gasteiger partial charge in [0, 0.05) is 45.4 Å². The second kappa shape index (κ2) is 8.82. The van der Waals surface area contributed by atoms with Gasteiger partial charge >= 0.3 is 0 Å². The minimum atomic E-state index is 0.147. The Bertz CT molecular complexity index is 212. The van der Waals surface area contributed by atoms with E-state index in [1.54, 1.807) is 14.2 Å². The maximum absolute atomic E-state index is 9.44. The van der Waals surface area contributed by atoms with Crippen LogP contribution in [0.15, 0.2) is 0 Å². The molecule has 1 fully saturated rings. The number of hydrogen-bond acceptors (Lipinski definition) is 5. The SMILES string of the molecule is COCCN(CC(CO)NC1CC1)C(C)COC. The molecular formula is C13H28N2O3. The van der Waals surface area contributed by atoms with Gasteiger partial charge in [0.2, 0.25) is 0 Å². The number of aliphatic hydroxyl groups is 1. The summed E-state index contributed by atoms with van der Waals surface area (Å²) in [7, 11) is 3.43. The maximum atomic E-state index is 9.44. The summed E-state index contributed by atoms with van der Waals surface area (Å²) in [6, 6.07) is 1.10. The zero-order valence-electron chi connectivity index (χ0n) is 11.9. The molecule has 1 aliphatic carbocycles. The molecule has 0 aromatic heterocycles. The van der Waals surface area contributed by atoms with Crippen molar-refractivity contribution < 1.29 is 14.6 Å². The largest absolute Gasteiger partial charge is 0.395 e. The lowest BCUT2D eigenvalue weighted by Gasteiger charge is -2.31. The van der Waals surface area contributed by atoms with Gasteiger partial charge in [-0.25, -0.2) is 0 Å². The quantitative estimate of drug-likeness (QED) is 0.551. The number of nitrogens with zero attached hydrogens (tertiary/aromatic N) is 1. The predicted octanol–water partition coefficient (Wildman–Crippen LogP) is 0.0826. The molecule has 0 amide bonds. The fourth-order valence-electron chi connectivity index (χ4n) is 2.08. The average molecular weight is 260 g/mol. The Kier molecular flexibility index (Phi) is 7.77. The van der Waals surface area contributed by atoms with Gasteiger partial charge in [-0.3, -0.25) is 4.90 Å². The van der Waals surface area contributed by atoms with Crippen molar-refractivity contribution in [3.63, 3.8) is 0 Å². The third-order valence-corrected chi connectivity index (χ3v) is 3.34. The van der Waals surface area contributed by atoms with Gasteiger partial charge in [0.1, 0.15) is 0 Å². The van der Waals surface area contributed by atoms with Crippen LogP contribution in [0.3, 0.4) is 0 Å². The topological polar surface area (TPSA) is 54.0 Å². The molecule has 2 atom stereocenters. The van der Waals surface area contributed by atoms with Crippen LogP contribution in [0.2, 0.25) is 0 Å². The molecule has 0 aliphatic heterocycles. The lowest BCUT2D eigenvalue weighted by molar-refractivity contribution is 0.0622. The van der Waals surface area contributed by atoms with E-state index in [4.69, 9.17) is 9.47 Å². The summed E-state index contributed by atoms with van der Waals surface area (Å²) in [5, 5.41) is 12.9. The Hall–Kier alpha value is -0.200. The molecule has 5 nitrogen and oxygen atoms in total. The lowest BCUT2D eigenvalue weighted by Crippen LogP contribution is -2.49. The molecule has 108 valence electrons. The molecule has 0 aromatic rings. The summed E-state index contributed by atoms with van der Waals surface area (Å²) >= 11 is 0. The van der Waals surface area contributed by atoms with Crippen molar-refractivity contribution in [2.24, 2.45) is 0 Å². The summed E-state index contributed by atoms with van der Waals surface area (Å²) < 4.78 is 10.4. The van der Waals surface area contributed by atoms with Gasteiger partial charge in [-0.2, -0.15) is 0 Å². The van der Waals surface area contributed by atoms with Crippen LogP contribution in [0.25, 0.3) is 0 Å². The Morgan fingerprint density at radius 2 is 2.06 bits per heavy atom. The summed E-state index contributed by atoms with van der Waals surface area (Å²) in [6.07, 6.45) is 2.48. The van der Waals surface area contributed by atoms with Crippen molar-refractivity contribution in [3.05, 3.63) is 0 Å². The molecule has 0 aromatic carbocycles. The van der Waals surface area contributed by atoms with E-state index in [0.717, 1.165) is 13.1 Å². The zero-order valence-corrected chi connectivity index (χ0v) is 11.9. The molecule has 2 N–H and O–H groups in total. The summed E-state index contributed by atoms with van der Waals surface area (Å²) in [5.41, 5.74) is 0. The van der Waals surface area contributed by atoms with Gasteiger partial charge in [-0.15, -0.1) is 0 Å². The van der Waals surface area contributed by atoms with E-state index < -0.39 is 0 Å². The highest BCUT2D eigenvalue weighted by Gasteiger charge is 2.26. The van der Waals surface area contributed by atoms with E-state index in [9.17, 15) is 5.11 Å². The second-order valence-electron chi connectivity index (χ2n) is 5.11. The molecule has 2 unspecified atom stereocenters. The molecule has 18 heavy (non-hydrogen) atoms. The number of rotatable bonds is 11. The molecule has 5 heteroatoms. The van der Waals surface area contributed by atoms with Crippen LogP contribution in [0.1, 0.15) is 19.8 Å². The van der Waals surface area contributed by atoms with Gasteiger partial charge in [-0.05, 0) is 19.8 Å². The molecule has 0 bridgehead atoms. The molecule has 1 saturated carbocycles. The van der Waals surface area contributed by atoms with Crippen LogP contribution in [-0.2, 0) is 9.47 Å². The first-order valence-electron chi connectivity index (χ1n) is 6.80. The second-order valence-corrected chi connectivity index (χ2v) is 5.11. The van der Waals surface area contributed by atoms with Gasteiger partial charge in [0.15, 0.2) is 0 Å². The van der Waals surface area contributed by atoms with Crippen molar-refractivity contribution in [1.29, 1.82) is 0 Å². The smallest absolute Gasteiger partial charge is 0.0615 e. The van der Waals surface area contributed by atoms with Crippen LogP contribution < -0.4 is 5.32 Å². The highest BCUT2D eigenvalue weighted by atomic mass is 16.5. The van der Waals surface area contributed by atoms with Crippen molar-refractivity contribution in [3.8, 4) is 0 Å². The molecule has 0 heterocycles. The van der Waals surface area contributed by atoms with Crippen LogP contribution in [0.5, 0.6) is 0 Å². The van der Waals surface area contributed by atoms with E-state index in [0.29, 0.717) is 25.3 Å². The first-order valence-corrected chi connectivity index (χ1v) is 6.80. The number of ether oxygens (including phenoxy) is 2. The van der Waals surface area contributed by atoms with Gasteiger partial charge in [-0.1, -0.05) is 0 Å². The first-order chi connectivity index (χ1) is 8.71. The van der Waals surface area contributed by atoms with E-state index >= 15 is 0 Å². The van der Waals surface area contributed by atoms with Crippen LogP contribution in [-0.4, -0.2) is 75.3 Å². The van der Waals surface area contributed by atoms with E-state index in [1.165, 1.54) is 12.8 Å². The fraction of sp³-hybridized carbons (Fsp3) is 1.00.